The Balaban J connectivity index is 2.52. The summed E-state index contributed by atoms with van der Waals surface area (Å²) in [6, 6.07) is 8.51. The average molecular weight is 235 g/mol. The number of hydrogen-bond donors (Lipinski definition) is 1. The fraction of sp³-hybridized carbons (Fsp3) is 0.600. The highest BCUT2D eigenvalue weighted by Crippen LogP contribution is 2.16. The third kappa shape index (κ3) is 5.22. The SMILES string of the molecule is CCCCCCN(CCO)c1cccc(C)c1. The first-order valence-electron chi connectivity index (χ1n) is 6.70. The molecule has 0 aliphatic rings. The minimum Gasteiger partial charge on any atom is -0.395 e. The summed E-state index contributed by atoms with van der Waals surface area (Å²) in [5.41, 5.74) is 2.51. The largest absolute Gasteiger partial charge is 0.395 e. The van der Waals surface area contributed by atoms with E-state index in [-0.39, 0.29) is 6.61 Å². The fourth-order valence-electron chi connectivity index (χ4n) is 2.04. The molecule has 0 aromatic heterocycles. The molecule has 1 aromatic rings. The van der Waals surface area contributed by atoms with Crippen molar-refractivity contribution in [3.8, 4) is 0 Å². The van der Waals surface area contributed by atoms with Crippen LogP contribution in [0.1, 0.15) is 38.2 Å². The highest BCUT2D eigenvalue weighted by molar-refractivity contribution is 5.48. The molecule has 0 bridgehead atoms. The Hall–Kier alpha value is -1.02. The molecule has 0 atom stereocenters. The van der Waals surface area contributed by atoms with Crippen LogP contribution in [-0.4, -0.2) is 24.8 Å². The lowest BCUT2D eigenvalue weighted by atomic mass is 10.1. The van der Waals surface area contributed by atoms with Crippen LogP contribution in [0.25, 0.3) is 0 Å². The maximum absolute atomic E-state index is 9.13. The van der Waals surface area contributed by atoms with Gasteiger partial charge in [0.25, 0.3) is 0 Å². The fourth-order valence-corrected chi connectivity index (χ4v) is 2.04. The van der Waals surface area contributed by atoms with Crippen LogP contribution in [0.3, 0.4) is 0 Å². The van der Waals surface area contributed by atoms with Gasteiger partial charge >= 0.3 is 0 Å². The number of aryl methyl sites for hydroxylation is 1. The van der Waals surface area contributed by atoms with Crippen LogP contribution < -0.4 is 4.90 Å². The van der Waals surface area contributed by atoms with E-state index in [9.17, 15) is 0 Å². The van der Waals surface area contributed by atoms with Gasteiger partial charge in [0.15, 0.2) is 0 Å². The Kier molecular flexibility index (Phi) is 6.71. The number of benzene rings is 1. The summed E-state index contributed by atoms with van der Waals surface area (Å²) >= 11 is 0. The first-order valence-corrected chi connectivity index (χ1v) is 6.70. The van der Waals surface area contributed by atoms with Crippen LogP contribution in [-0.2, 0) is 0 Å². The van der Waals surface area contributed by atoms with Gasteiger partial charge in [-0.15, -0.1) is 0 Å². The van der Waals surface area contributed by atoms with Gasteiger partial charge in [-0.3, -0.25) is 0 Å². The number of unbranched alkanes of at least 4 members (excludes halogenated alkanes) is 3. The molecule has 2 heteroatoms. The maximum atomic E-state index is 9.13. The van der Waals surface area contributed by atoms with Gasteiger partial charge < -0.3 is 10.0 Å². The molecule has 0 unspecified atom stereocenters. The molecule has 17 heavy (non-hydrogen) atoms. The van der Waals surface area contributed by atoms with Crippen molar-refractivity contribution in [3.63, 3.8) is 0 Å². The summed E-state index contributed by atoms with van der Waals surface area (Å²) in [6.07, 6.45) is 5.07. The molecule has 0 fully saturated rings. The predicted octanol–water partition coefficient (Wildman–Crippen LogP) is 3.37. The molecule has 1 aromatic carbocycles. The van der Waals surface area contributed by atoms with Crippen LogP contribution in [0, 0.1) is 6.92 Å². The van der Waals surface area contributed by atoms with Crippen LogP contribution in [0.5, 0.6) is 0 Å². The molecule has 1 rings (SSSR count). The summed E-state index contributed by atoms with van der Waals surface area (Å²) in [5, 5.41) is 9.13. The lowest BCUT2D eigenvalue weighted by Crippen LogP contribution is -2.27. The second kappa shape index (κ2) is 8.13. The van der Waals surface area contributed by atoms with Crippen molar-refractivity contribution in [1.29, 1.82) is 0 Å². The summed E-state index contributed by atoms with van der Waals surface area (Å²) < 4.78 is 0. The quantitative estimate of drug-likeness (QED) is 0.698. The van der Waals surface area contributed by atoms with Gasteiger partial charge in [0.05, 0.1) is 6.61 Å². The second-order valence-corrected chi connectivity index (χ2v) is 4.61. The molecule has 0 saturated carbocycles. The molecule has 0 aliphatic heterocycles. The molecule has 96 valence electrons. The van der Waals surface area contributed by atoms with E-state index in [2.05, 4.69) is 43.0 Å². The molecule has 0 amide bonds. The van der Waals surface area contributed by atoms with Crippen LogP contribution in [0.4, 0.5) is 5.69 Å². The van der Waals surface area contributed by atoms with Gasteiger partial charge in [0.1, 0.15) is 0 Å². The van der Waals surface area contributed by atoms with E-state index >= 15 is 0 Å². The highest BCUT2D eigenvalue weighted by atomic mass is 16.3. The normalized spacial score (nSPS) is 10.5. The second-order valence-electron chi connectivity index (χ2n) is 4.61. The number of anilines is 1. The van der Waals surface area contributed by atoms with Crippen molar-refractivity contribution in [2.45, 2.75) is 39.5 Å². The minimum absolute atomic E-state index is 0.224. The summed E-state index contributed by atoms with van der Waals surface area (Å²) in [4.78, 5) is 2.28. The Labute approximate surface area is 105 Å². The molecule has 2 nitrogen and oxygen atoms in total. The van der Waals surface area contributed by atoms with Crippen molar-refractivity contribution in [2.75, 3.05) is 24.6 Å². The van der Waals surface area contributed by atoms with E-state index < -0.39 is 0 Å². The van der Waals surface area contributed by atoms with Gasteiger partial charge in [0.2, 0.25) is 0 Å². The van der Waals surface area contributed by atoms with Crippen LogP contribution in [0.15, 0.2) is 24.3 Å². The maximum Gasteiger partial charge on any atom is 0.0606 e. The lowest BCUT2D eigenvalue weighted by Gasteiger charge is -2.24. The number of aliphatic hydroxyl groups excluding tert-OH is 1. The summed E-state index contributed by atoms with van der Waals surface area (Å²) in [5.74, 6) is 0. The van der Waals surface area contributed by atoms with Crippen molar-refractivity contribution in [2.24, 2.45) is 0 Å². The first kappa shape index (κ1) is 14.0. The zero-order valence-electron chi connectivity index (χ0n) is 11.2. The van der Waals surface area contributed by atoms with Gasteiger partial charge in [-0.2, -0.15) is 0 Å². The van der Waals surface area contributed by atoms with E-state index in [0.29, 0.717) is 0 Å². The molecular formula is C15H25NO. The van der Waals surface area contributed by atoms with Crippen molar-refractivity contribution in [3.05, 3.63) is 29.8 Å². The minimum atomic E-state index is 0.224. The monoisotopic (exact) mass is 235 g/mol. The Bertz CT molecular complexity index is 312. The molecule has 0 radical (unpaired) electrons. The number of rotatable bonds is 8. The van der Waals surface area contributed by atoms with E-state index in [1.165, 1.54) is 36.9 Å². The number of hydrogen-bond acceptors (Lipinski definition) is 2. The van der Waals surface area contributed by atoms with Crippen LogP contribution in [0.2, 0.25) is 0 Å². The average Bonchev–Trinajstić information content (AvgIpc) is 2.33. The summed E-state index contributed by atoms with van der Waals surface area (Å²) in [7, 11) is 0. The summed E-state index contributed by atoms with van der Waals surface area (Å²) in [6.45, 7) is 6.34. The predicted molar refractivity (Wildman–Crippen MR) is 74.6 cm³/mol. The first-order chi connectivity index (χ1) is 8.27. The third-order valence-electron chi connectivity index (χ3n) is 3.02. The van der Waals surface area contributed by atoms with Gasteiger partial charge in [-0.25, -0.2) is 0 Å². The van der Waals surface area contributed by atoms with E-state index in [1.54, 1.807) is 0 Å². The topological polar surface area (TPSA) is 23.5 Å². The van der Waals surface area contributed by atoms with Crippen molar-refractivity contribution < 1.29 is 5.11 Å². The van der Waals surface area contributed by atoms with E-state index in [0.717, 1.165) is 13.1 Å². The Morgan fingerprint density at radius 1 is 1.12 bits per heavy atom. The van der Waals surface area contributed by atoms with Crippen LogP contribution >= 0.6 is 0 Å². The Morgan fingerprint density at radius 3 is 2.59 bits per heavy atom. The standard InChI is InChI=1S/C15H25NO/c1-3-4-5-6-10-16(11-12-17)15-9-7-8-14(2)13-15/h7-9,13,17H,3-6,10-12H2,1-2H3. The molecule has 0 spiro atoms. The van der Waals surface area contributed by atoms with Crippen molar-refractivity contribution in [1.82, 2.24) is 0 Å². The molecule has 0 aliphatic carbocycles. The number of nitrogens with zero attached hydrogens (tertiary/aromatic N) is 1. The molecule has 0 heterocycles. The zero-order valence-corrected chi connectivity index (χ0v) is 11.2. The van der Waals surface area contributed by atoms with E-state index in [1.807, 2.05) is 0 Å². The van der Waals surface area contributed by atoms with E-state index in [4.69, 9.17) is 5.11 Å². The molecule has 0 saturated heterocycles. The lowest BCUT2D eigenvalue weighted by molar-refractivity contribution is 0.301. The van der Waals surface area contributed by atoms with Gasteiger partial charge in [-0.05, 0) is 31.0 Å². The molecule has 1 N–H and O–H groups in total. The van der Waals surface area contributed by atoms with Crippen molar-refractivity contribution >= 4 is 5.69 Å². The zero-order chi connectivity index (χ0) is 12.5. The van der Waals surface area contributed by atoms with Gasteiger partial charge in [0, 0.05) is 18.8 Å². The number of aliphatic hydroxyl groups is 1. The highest BCUT2D eigenvalue weighted by Gasteiger charge is 2.05. The smallest absolute Gasteiger partial charge is 0.0606 e. The Morgan fingerprint density at radius 2 is 1.94 bits per heavy atom. The third-order valence-corrected chi connectivity index (χ3v) is 3.02. The molecular weight excluding hydrogens is 210 g/mol. The van der Waals surface area contributed by atoms with Gasteiger partial charge in [-0.1, -0.05) is 38.3 Å².